The Morgan fingerprint density at radius 2 is 1.89 bits per heavy atom. The van der Waals surface area contributed by atoms with E-state index in [2.05, 4.69) is 42.4 Å². The molecule has 1 saturated heterocycles. The monoisotopic (exact) mass is 398 g/mol. The first kappa shape index (κ1) is 20.2. The summed E-state index contributed by atoms with van der Waals surface area (Å²) in [5, 5.41) is 0. The average molecular weight is 399 g/mol. The van der Waals surface area contributed by atoms with Crippen molar-refractivity contribution in [3.63, 3.8) is 0 Å². The van der Waals surface area contributed by atoms with Crippen LogP contribution in [-0.2, 0) is 9.47 Å². The quantitative estimate of drug-likeness (QED) is 0.500. The molecule has 0 radical (unpaired) electrons. The van der Waals surface area contributed by atoms with Gasteiger partial charge in [-0.05, 0) is 67.5 Å². The van der Waals surface area contributed by atoms with E-state index in [-0.39, 0.29) is 0 Å². The van der Waals surface area contributed by atoms with E-state index in [1.165, 1.54) is 5.57 Å². The summed E-state index contributed by atoms with van der Waals surface area (Å²) < 4.78 is 10.5. The molecule has 0 bridgehead atoms. The zero-order valence-electron chi connectivity index (χ0n) is 16.3. The van der Waals surface area contributed by atoms with Gasteiger partial charge in [-0.3, -0.25) is 0 Å². The fraction of sp³-hybridized carbons (Fsp3) is 0.273. The Hall–Kier alpha value is -2.57. The number of hydrogen-bond donors (Lipinski definition) is 1. The number of nitrogens with one attached hydrogen (secondary N) is 1. The fourth-order valence-electron chi connectivity index (χ4n) is 2.71. The second-order valence-corrected chi connectivity index (χ2v) is 7.51. The molecule has 1 heterocycles. The lowest BCUT2D eigenvalue weighted by atomic mass is 10.1. The Morgan fingerprint density at radius 1 is 1.14 bits per heavy atom. The van der Waals surface area contributed by atoms with Gasteiger partial charge in [0.15, 0.2) is 11.6 Å². The van der Waals surface area contributed by atoms with E-state index in [1.807, 2.05) is 36.3 Å². The Balaban J connectivity index is 1.57. The zero-order chi connectivity index (χ0) is 19.8. The molecular weight excluding hydrogens is 372 g/mol. The minimum absolute atomic E-state index is 0.605. The van der Waals surface area contributed by atoms with Crippen LogP contribution in [0.2, 0.25) is 0 Å². The summed E-state index contributed by atoms with van der Waals surface area (Å²) in [7, 11) is 3.55. The van der Waals surface area contributed by atoms with Gasteiger partial charge in [-0.2, -0.15) is 0 Å². The molecule has 0 unspecified atom stereocenters. The van der Waals surface area contributed by atoms with Crippen molar-refractivity contribution in [1.29, 1.82) is 0 Å². The number of nitrogens with zero attached hydrogens (tertiary/aromatic N) is 1. The minimum atomic E-state index is 0.605. The van der Waals surface area contributed by atoms with Gasteiger partial charge < -0.3 is 19.2 Å². The lowest BCUT2D eigenvalue weighted by Gasteiger charge is -2.20. The summed E-state index contributed by atoms with van der Waals surface area (Å²) in [5.74, 6) is 1.38. The molecule has 0 saturated carbocycles. The molecule has 0 spiro atoms. The van der Waals surface area contributed by atoms with Crippen molar-refractivity contribution in [2.45, 2.75) is 22.6 Å². The number of methoxy groups -OCH3 is 1. The third-order valence-corrected chi connectivity index (χ3v) is 5.45. The average Bonchev–Trinajstić information content (AvgIpc) is 2.74. The van der Waals surface area contributed by atoms with Gasteiger partial charge in [-0.15, -0.1) is 0 Å². The largest absolute Gasteiger partial charge is 0.483 e. The summed E-state index contributed by atoms with van der Waals surface area (Å²) in [5.41, 5.74) is 5.29. The number of ether oxygens (including phenoxy) is 2. The van der Waals surface area contributed by atoms with Crippen molar-refractivity contribution in [1.82, 2.24) is 5.48 Å². The standard InChI is InChI=1S/C22H26N2O3S/c1-17(25-3)24(2)19-7-9-21(10-8-19)28-22-6-4-5-20(15-22)27-23-16-18-11-13-26-14-12-18/h4-10,15-16,23H,1,11-14H2,2-3H3. The third-order valence-electron chi connectivity index (χ3n) is 4.45. The first-order valence-electron chi connectivity index (χ1n) is 9.18. The summed E-state index contributed by atoms with van der Waals surface area (Å²) in [6.07, 6.45) is 3.84. The van der Waals surface area contributed by atoms with E-state index < -0.39 is 0 Å². The van der Waals surface area contributed by atoms with E-state index in [0.29, 0.717) is 5.88 Å². The second kappa shape index (κ2) is 10.1. The van der Waals surface area contributed by atoms with Crippen LogP contribution in [0.4, 0.5) is 5.69 Å². The Bertz CT molecular complexity index is 813. The predicted octanol–water partition coefficient (Wildman–Crippen LogP) is 4.97. The molecule has 28 heavy (non-hydrogen) atoms. The molecule has 0 aromatic heterocycles. The molecule has 2 aromatic carbocycles. The Kier molecular flexibility index (Phi) is 7.28. The molecule has 0 aliphatic carbocycles. The molecule has 1 aliphatic rings. The summed E-state index contributed by atoms with van der Waals surface area (Å²) >= 11 is 1.69. The maximum absolute atomic E-state index is 5.67. The van der Waals surface area contributed by atoms with Gasteiger partial charge in [-0.25, -0.2) is 5.48 Å². The van der Waals surface area contributed by atoms with Crippen LogP contribution < -0.4 is 15.2 Å². The van der Waals surface area contributed by atoms with Crippen LogP contribution in [0.25, 0.3) is 0 Å². The van der Waals surface area contributed by atoms with Gasteiger partial charge >= 0.3 is 0 Å². The van der Waals surface area contributed by atoms with Crippen LogP contribution in [-0.4, -0.2) is 27.4 Å². The Labute approximate surface area is 170 Å². The van der Waals surface area contributed by atoms with Crippen molar-refractivity contribution in [3.05, 3.63) is 72.8 Å². The molecule has 1 fully saturated rings. The van der Waals surface area contributed by atoms with Gasteiger partial charge in [-0.1, -0.05) is 17.8 Å². The number of hydroxylamine groups is 1. The van der Waals surface area contributed by atoms with E-state index in [9.17, 15) is 0 Å². The number of anilines is 1. The van der Waals surface area contributed by atoms with Gasteiger partial charge in [0.05, 0.1) is 20.3 Å². The van der Waals surface area contributed by atoms with Crippen molar-refractivity contribution in [2.24, 2.45) is 0 Å². The van der Waals surface area contributed by atoms with E-state index in [0.717, 1.165) is 47.3 Å². The lowest BCUT2D eigenvalue weighted by Crippen LogP contribution is -2.16. The minimum Gasteiger partial charge on any atom is -0.483 e. The van der Waals surface area contributed by atoms with E-state index in [1.54, 1.807) is 18.9 Å². The topological polar surface area (TPSA) is 43.0 Å². The first-order valence-corrected chi connectivity index (χ1v) is 10.00. The van der Waals surface area contributed by atoms with Crippen molar-refractivity contribution in [3.8, 4) is 5.75 Å². The van der Waals surface area contributed by atoms with Gasteiger partial charge in [0.2, 0.25) is 0 Å². The molecule has 148 valence electrons. The molecule has 0 amide bonds. The highest BCUT2D eigenvalue weighted by Gasteiger charge is 2.07. The summed E-state index contributed by atoms with van der Waals surface area (Å²) in [6.45, 7) is 5.44. The maximum Gasteiger partial charge on any atom is 0.185 e. The summed E-state index contributed by atoms with van der Waals surface area (Å²) in [4.78, 5) is 9.83. The van der Waals surface area contributed by atoms with Crippen LogP contribution in [0.5, 0.6) is 5.75 Å². The molecular formula is C22H26N2O3S. The van der Waals surface area contributed by atoms with Crippen LogP contribution in [0.1, 0.15) is 12.8 Å². The molecule has 6 heteroatoms. The van der Waals surface area contributed by atoms with Gasteiger partial charge in [0, 0.05) is 28.7 Å². The van der Waals surface area contributed by atoms with Crippen LogP contribution in [0.15, 0.2) is 82.6 Å². The highest BCUT2D eigenvalue weighted by molar-refractivity contribution is 7.99. The summed E-state index contributed by atoms with van der Waals surface area (Å²) in [6, 6.07) is 16.3. The van der Waals surface area contributed by atoms with Crippen molar-refractivity contribution >= 4 is 17.4 Å². The number of benzene rings is 2. The highest BCUT2D eigenvalue weighted by Crippen LogP contribution is 2.31. The normalized spacial score (nSPS) is 13.6. The molecule has 5 nitrogen and oxygen atoms in total. The van der Waals surface area contributed by atoms with Gasteiger partial charge in [0.25, 0.3) is 0 Å². The molecule has 3 rings (SSSR count). The van der Waals surface area contributed by atoms with Crippen molar-refractivity contribution < 1.29 is 14.3 Å². The number of hydrogen-bond acceptors (Lipinski definition) is 6. The number of rotatable bonds is 8. The predicted molar refractivity (Wildman–Crippen MR) is 113 cm³/mol. The zero-order valence-corrected chi connectivity index (χ0v) is 17.1. The Morgan fingerprint density at radius 3 is 2.61 bits per heavy atom. The lowest BCUT2D eigenvalue weighted by molar-refractivity contribution is 0.117. The third kappa shape index (κ3) is 5.71. The maximum atomic E-state index is 5.67. The molecule has 2 aromatic rings. The smallest absolute Gasteiger partial charge is 0.185 e. The van der Waals surface area contributed by atoms with Gasteiger partial charge in [0.1, 0.15) is 0 Å². The SMILES string of the molecule is C=C(OC)N(C)c1ccc(Sc2cccc(ONC=C3CCOCC3)c2)cc1. The molecule has 0 atom stereocenters. The van der Waals surface area contributed by atoms with Crippen LogP contribution >= 0.6 is 11.8 Å². The highest BCUT2D eigenvalue weighted by atomic mass is 32.2. The second-order valence-electron chi connectivity index (χ2n) is 6.36. The first-order chi connectivity index (χ1) is 13.7. The fourth-order valence-corrected chi connectivity index (χ4v) is 3.58. The van der Waals surface area contributed by atoms with Crippen LogP contribution in [0, 0.1) is 0 Å². The van der Waals surface area contributed by atoms with E-state index >= 15 is 0 Å². The van der Waals surface area contributed by atoms with E-state index in [4.69, 9.17) is 14.3 Å². The molecule has 1 N–H and O–H groups in total. The van der Waals surface area contributed by atoms with Crippen LogP contribution in [0.3, 0.4) is 0 Å². The van der Waals surface area contributed by atoms with Crippen molar-refractivity contribution in [2.75, 3.05) is 32.3 Å². The molecule has 1 aliphatic heterocycles.